The molecule has 0 aliphatic heterocycles. The number of carbonyl (C=O) groups is 3. The van der Waals surface area contributed by atoms with E-state index in [2.05, 4.69) is 36.2 Å². The molecule has 0 aliphatic rings. The topological polar surface area (TPSA) is 184 Å². The second-order valence-electron chi connectivity index (χ2n) is 13.8. The number of halogens is 3. The molecule has 54 heavy (non-hydrogen) atoms. The van der Waals surface area contributed by atoms with Crippen LogP contribution >= 0.6 is 0 Å². The lowest BCUT2D eigenvalue weighted by Crippen LogP contribution is -2.35. The van der Waals surface area contributed by atoms with Crippen molar-refractivity contribution >= 4 is 29.5 Å². The molecule has 19 heteroatoms. The Labute approximate surface area is 311 Å². The van der Waals surface area contributed by atoms with Crippen LogP contribution in [0.25, 0.3) is 0 Å². The van der Waals surface area contributed by atoms with E-state index in [0.717, 1.165) is 0 Å². The second-order valence-corrected chi connectivity index (χ2v) is 13.8. The fourth-order valence-electron chi connectivity index (χ4n) is 4.42. The van der Waals surface area contributed by atoms with E-state index in [9.17, 15) is 27.6 Å². The van der Waals surface area contributed by atoms with Gasteiger partial charge in [0.05, 0.1) is 50.3 Å². The van der Waals surface area contributed by atoms with Crippen LogP contribution < -0.4 is 36.4 Å². The van der Waals surface area contributed by atoms with E-state index >= 15 is 0 Å². The predicted octanol–water partition coefficient (Wildman–Crippen LogP) is 5.58. The van der Waals surface area contributed by atoms with E-state index in [-0.39, 0.29) is 19.0 Å². The number of imidazole rings is 1. The van der Waals surface area contributed by atoms with E-state index in [4.69, 9.17) is 18.9 Å². The van der Waals surface area contributed by atoms with Gasteiger partial charge in [0.1, 0.15) is 11.2 Å². The highest BCUT2D eigenvalue weighted by molar-refractivity contribution is 5.82. The van der Waals surface area contributed by atoms with Gasteiger partial charge in [0.25, 0.3) is 0 Å². The quantitative estimate of drug-likeness (QED) is 0.0937. The maximum atomic E-state index is 13.1. The number of hydrogen-bond acceptors (Lipinski definition) is 11. The lowest BCUT2D eigenvalue weighted by molar-refractivity contribution is -0.169. The summed E-state index contributed by atoms with van der Waals surface area (Å²) in [4.78, 5) is 47.1. The van der Waals surface area contributed by atoms with Crippen LogP contribution in [0.15, 0.2) is 54.0 Å². The number of nitrogens with zero attached hydrogens (tertiary/aromatic N) is 5. The number of alkyl carbamates (subject to hydrolysis) is 2. The number of aryl methyl sites for hydroxylation is 2. The molecule has 3 rings (SSSR count). The van der Waals surface area contributed by atoms with Crippen LogP contribution in [0.1, 0.15) is 67.2 Å². The largest absolute Gasteiger partial charge is 0.478 e. The third-order valence-electron chi connectivity index (χ3n) is 6.79. The van der Waals surface area contributed by atoms with Crippen molar-refractivity contribution in [3.63, 3.8) is 0 Å². The number of carbonyl (C=O) groups excluding carboxylic acids is 3. The minimum atomic E-state index is -5.10. The average molecular weight is 766 g/mol. The monoisotopic (exact) mass is 765 g/mol. The summed E-state index contributed by atoms with van der Waals surface area (Å²) in [6, 6.07) is 6.80. The Kier molecular flexibility index (Phi) is 16.0. The molecule has 0 unspecified atom stereocenters. The number of anilines is 2. The average Bonchev–Trinajstić information content (AvgIpc) is 3.44. The zero-order valence-electron chi connectivity index (χ0n) is 31.4. The van der Waals surface area contributed by atoms with Gasteiger partial charge in [0, 0.05) is 37.6 Å². The van der Waals surface area contributed by atoms with Gasteiger partial charge in [0.2, 0.25) is 17.4 Å². The Hall–Kier alpha value is -5.49. The maximum Gasteiger partial charge on any atom is 0.473 e. The molecular weight excluding hydrogens is 715 g/mol. The molecule has 0 radical (unpaired) electrons. The predicted molar refractivity (Wildman–Crippen MR) is 193 cm³/mol. The van der Waals surface area contributed by atoms with E-state index < -0.39 is 35.5 Å². The van der Waals surface area contributed by atoms with Gasteiger partial charge in [-0.25, -0.2) is 19.6 Å². The van der Waals surface area contributed by atoms with Crippen LogP contribution in [0.4, 0.5) is 34.1 Å². The Morgan fingerprint density at radius 3 is 1.46 bits per heavy atom. The Morgan fingerprint density at radius 2 is 1.11 bits per heavy atom. The fourth-order valence-corrected chi connectivity index (χ4v) is 4.42. The molecule has 0 aromatic carbocycles. The zero-order chi connectivity index (χ0) is 39.8. The number of hydrogen-bond donors (Lipinski definition) is 4. The van der Waals surface area contributed by atoms with Crippen LogP contribution in [0.2, 0.25) is 0 Å². The normalized spacial score (nSPS) is 11.6. The number of rotatable bonds is 18. The van der Waals surface area contributed by atoms with Crippen LogP contribution in [0.3, 0.4) is 0 Å². The molecule has 298 valence electrons. The van der Waals surface area contributed by atoms with Gasteiger partial charge < -0.3 is 49.3 Å². The van der Waals surface area contributed by atoms with Crippen molar-refractivity contribution in [3.8, 4) is 11.8 Å². The van der Waals surface area contributed by atoms with Crippen molar-refractivity contribution in [1.82, 2.24) is 29.7 Å². The number of amides is 3. The highest BCUT2D eigenvalue weighted by Crippen LogP contribution is 2.17. The molecule has 4 N–H and O–H groups in total. The third-order valence-corrected chi connectivity index (χ3v) is 6.79. The van der Waals surface area contributed by atoms with Gasteiger partial charge in [-0.3, -0.25) is 4.79 Å². The maximum absolute atomic E-state index is 13.1. The van der Waals surface area contributed by atoms with E-state index in [0.29, 0.717) is 75.1 Å². The van der Waals surface area contributed by atoms with Gasteiger partial charge in [-0.15, -0.1) is 0 Å². The first-order chi connectivity index (χ1) is 25.4. The van der Waals surface area contributed by atoms with Gasteiger partial charge in [-0.05, 0) is 79.4 Å². The summed E-state index contributed by atoms with van der Waals surface area (Å²) >= 11 is 0. The summed E-state index contributed by atoms with van der Waals surface area (Å²) in [5.74, 6) is -1.43. The molecule has 0 saturated carbocycles. The highest BCUT2D eigenvalue weighted by Gasteiger charge is 2.38. The molecule has 3 aromatic rings. The Balaban J connectivity index is 1.41. The minimum Gasteiger partial charge on any atom is -0.478 e. The van der Waals surface area contributed by atoms with Gasteiger partial charge in [0.15, 0.2) is 0 Å². The summed E-state index contributed by atoms with van der Waals surface area (Å²) in [7, 11) is 0. The first-order valence-electron chi connectivity index (χ1n) is 17.4. The number of alkyl halides is 3. The molecule has 0 aliphatic carbocycles. The van der Waals surface area contributed by atoms with Crippen molar-refractivity contribution in [2.75, 3.05) is 37.2 Å². The van der Waals surface area contributed by atoms with Crippen molar-refractivity contribution in [1.29, 1.82) is 0 Å². The summed E-state index contributed by atoms with van der Waals surface area (Å²) < 4.78 is 64.1. The molecule has 0 fully saturated rings. The smallest absolute Gasteiger partial charge is 0.473 e. The summed E-state index contributed by atoms with van der Waals surface area (Å²) in [5.41, 5.74) is 0.00355. The number of aromatic nitrogens is 4. The molecule has 0 saturated heterocycles. The zero-order valence-corrected chi connectivity index (χ0v) is 31.4. The molecule has 0 bridgehead atoms. The van der Waals surface area contributed by atoms with Crippen molar-refractivity contribution in [3.05, 3.63) is 54.7 Å². The lowest BCUT2D eigenvalue weighted by Gasteiger charge is -2.19. The third kappa shape index (κ3) is 16.9. The van der Waals surface area contributed by atoms with E-state index in [1.54, 1.807) is 90.6 Å². The molecule has 16 nitrogen and oxygen atoms in total. The summed E-state index contributed by atoms with van der Waals surface area (Å²) in [6.45, 7) is 12.1. The van der Waals surface area contributed by atoms with Crippen LogP contribution in [0, 0.1) is 0 Å². The van der Waals surface area contributed by atoms with Gasteiger partial charge in [-0.2, -0.15) is 18.2 Å². The summed E-state index contributed by atoms with van der Waals surface area (Å²) in [6.07, 6.45) is 2.24. The number of nitrogens with one attached hydrogen (secondary N) is 4. The first-order valence-corrected chi connectivity index (χ1v) is 17.4. The SMILES string of the molecule is CC(C)(C)OC(=O)NCNc1ccc(OCCCCn2ccn(CCCCOc3ccc(NCNC(=O)OC(C)(C)C)cn3)c2=NC(=O)C(F)(F)F)nc1. The molecule has 0 atom stereocenters. The van der Waals surface area contributed by atoms with E-state index in [1.165, 1.54) is 9.13 Å². The number of unbranched alkanes of at least 4 members (excludes halogenated alkanes) is 2. The van der Waals surface area contributed by atoms with Crippen molar-refractivity contribution in [2.45, 2.75) is 97.7 Å². The van der Waals surface area contributed by atoms with E-state index in [1.807, 2.05) is 0 Å². The van der Waals surface area contributed by atoms with Crippen molar-refractivity contribution < 1.29 is 46.5 Å². The highest BCUT2D eigenvalue weighted by atomic mass is 19.4. The van der Waals surface area contributed by atoms with Gasteiger partial charge in [-0.1, -0.05) is 0 Å². The van der Waals surface area contributed by atoms with Crippen LogP contribution in [-0.4, -0.2) is 81.1 Å². The molecule has 0 spiro atoms. The standard InChI is InChI=1S/C35H50F3N9O7/c1-33(2,3)53-31(49)43-23-41-25-11-13-27(39-21-25)51-19-9-7-15-46-17-18-47(30(46)45-29(48)35(36,37)38)16-8-10-20-52-28-14-12-26(22-40-28)42-24-44-32(50)54-34(4,5)6/h11-14,17-18,21-22,41-42H,7-10,15-16,19-20,23-24H2,1-6H3,(H,43,49)(H,44,50). The molecule has 3 aromatic heterocycles. The fraction of sp³-hybridized carbons (Fsp3) is 0.543. The lowest BCUT2D eigenvalue weighted by atomic mass is 10.2. The Bertz CT molecular complexity index is 1590. The number of pyridine rings is 2. The summed E-state index contributed by atoms with van der Waals surface area (Å²) in [5, 5.41) is 11.2. The van der Waals surface area contributed by atoms with Crippen LogP contribution in [0.5, 0.6) is 11.8 Å². The minimum absolute atomic E-state index is 0.101. The van der Waals surface area contributed by atoms with Crippen LogP contribution in [-0.2, 0) is 27.4 Å². The first kappa shape index (κ1) is 42.9. The second kappa shape index (κ2) is 20.1. The number of ether oxygens (including phenoxy) is 4. The molecule has 3 heterocycles. The Morgan fingerprint density at radius 1 is 0.685 bits per heavy atom. The van der Waals surface area contributed by atoms with Gasteiger partial charge >= 0.3 is 24.3 Å². The van der Waals surface area contributed by atoms with Crippen molar-refractivity contribution in [2.24, 2.45) is 4.99 Å². The molecular formula is C35H50F3N9O7. The molecule has 3 amide bonds.